The van der Waals surface area contributed by atoms with Crippen molar-refractivity contribution in [2.24, 2.45) is 0 Å². The number of hydrogen-bond donors (Lipinski definition) is 0. The third-order valence-corrected chi connectivity index (χ3v) is 4.38. The van der Waals surface area contributed by atoms with Crippen LogP contribution in [0.15, 0.2) is 41.0 Å². The smallest absolute Gasteiger partial charge is 0.257 e. The molecular formula is C18H21NO3. The molecule has 2 heterocycles. The molecule has 116 valence electrons. The summed E-state index contributed by atoms with van der Waals surface area (Å²) in [6, 6.07) is 10.0. The van der Waals surface area contributed by atoms with E-state index < -0.39 is 0 Å². The topological polar surface area (TPSA) is 42.7 Å². The number of nitrogens with zero attached hydrogens (tertiary/aromatic N) is 1. The monoisotopic (exact) mass is 299 g/mol. The number of carbonyl (C=O) groups excluding carboxylic acids is 1. The lowest BCUT2D eigenvalue weighted by Gasteiger charge is -2.25. The van der Waals surface area contributed by atoms with Crippen molar-refractivity contribution in [3.05, 3.63) is 53.5 Å². The lowest BCUT2D eigenvalue weighted by molar-refractivity contribution is 0.0734. The maximum atomic E-state index is 12.7. The molecule has 0 saturated carbocycles. The van der Waals surface area contributed by atoms with Crippen LogP contribution in [0.25, 0.3) is 0 Å². The Balaban J connectivity index is 1.79. The Labute approximate surface area is 130 Å². The van der Waals surface area contributed by atoms with Crippen molar-refractivity contribution in [2.75, 3.05) is 13.7 Å². The molecule has 22 heavy (non-hydrogen) atoms. The first-order valence-corrected chi connectivity index (χ1v) is 7.67. The van der Waals surface area contributed by atoms with Crippen LogP contribution in [0.4, 0.5) is 0 Å². The zero-order valence-corrected chi connectivity index (χ0v) is 13.0. The number of methoxy groups -OCH3 is 1. The van der Waals surface area contributed by atoms with Crippen LogP contribution in [0.2, 0.25) is 0 Å². The lowest BCUT2D eigenvalue weighted by atomic mass is 10.0. The number of hydrogen-bond acceptors (Lipinski definition) is 3. The van der Waals surface area contributed by atoms with Gasteiger partial charge >= 0.3 is 0 Å². The number of rotatable bonds is 4. The number of carbonyl (C=O) groups is 1. The molecule has 0 N–H and O–H groups in total. The molecule has 0 aliphatic carbocycles. The Kier molecular flexibility index (Phi) is 4.18. The Morgan fingerprint density at radius 2 is 2.18 bits per heavy atom. The van der Waals surface area contributed by atoms with Crippen molar-refractivity contribution in [2.45, 2.75) is 32.2 Å². The van der Waals surface area contributed by atoms with Gasteiger partial charge in [0.1, 0.15) is 11.5 Å². The van der Waals surface area contributed by atoms with Gasteiger partial charge in [-0.3, -0.25) is 4.79 Å². The first kappa shape index (κ1) is 14.7. The van der Waals surface area contributed by atoms with E-state index in [0.29, 0.717) is 11.3 Å². The second-order valence-corrected chi connectivity index (χ2v) is 5.70. The van der Waals surface area contributed by atoms with Crippen LogP contribution >= 0.6 is 0 Å². The highest BCUT2D eigenvalue weighted by molar-refractivity contribution is 5.95. The molecule has 4 nitrogen and oxygen atoms in total. The fourth-order valence-corrected chi connectivity index (χ4v) is 3.20. The number of furan rings is 1. The second kappa shape index (κ2) is 6.26. The van der Waals surface area contributed by atoms with Gasteiger partial charge in [-0.15, -0.1) is 0 Å². The molecule has 1 amide bonds. The van der Waals surface area contributed by atoms with Crippen molar-refractivity contribution in [1.82, 2.24) is 4.90 Å². The summed E-state index contributed by atoms with van der Waals surface area (Å²) >= 11 is 0. The van der Waals surface area contributed by atoms with E-state index in [-0.39, 0.29) is 11.9 Å². The van der Waals surface area contributed by atoms with Gasteiger partial charge in [0.15, 0.2) is 0 Å². The molecule has 1 aliphatic heterocycles. The highest BCUT2D eigenvalue weighted by Crippen LogP contribution is 2.27. The molecule has 1 atom stereocenters. The molecule has 2 aromatic rings. The van der Waals surface area contributed by atoms with E-state index >= 15 is 0 Å². The van der Waals surface area contributed by atoms with Crippen LogP contribution in [0.5, 0.6) is 5.75 Å². The molecule has 1 aromatic heterocycles. The van der Waals surface area contributed by atoms with E-state index in [2.05, 4.69) is 6.07 Å². The van der Waals surface area contributed by atoms with Crippen molar-refractivity contribution in [3.8, 4) is 5.75 Å². The average molecular weight is 299 g/mol. The molecule has 0 unspecified atom stereocenters. The number of amides is 1. The Bertz CT molecular complexity index is 662. The van der Waals surface area contributed by atoms with Crippen LogP contribution in [-0.2, 0) is 6.42 Å². The van der Waals surface area contributed by atoms with Gasteiger partial charge in [0.05, 0.1) is 18.9 Å². The maximum absolute atomic E-state index is 12.7. The molecule has 0 bridgehead atoms. The van der Waals surface area contributed by atoms with Crippen molar-refractivity contribution in [1.29, 1.82) is 0 Å². The molecule has 0 spiro atoms. The minimum atomic E-state index is 0.0728. The van der Waals surface area contributed by atoms with Crippen molar-refractivity contribution >= 4 is 5.91 Å². The molecule has 1 aromatic carbocycles. The molecule has 4 heteroatoms. The van der Waals surface area contributed by atoms with Gasteiger partial charge in [0, 0.05) is 12.6 Å². The quantitative estimate of drug-likeness (QED) is 0.868. The largest absolute Gasteiger partial charge is 0.496 e. The van der Waals surface area contributed by atoms with Crippen molar-refractivity contribution < 1.29 is 13.9 Å². The van der Waals surface area contributed by atoms with E-state index in [1.54, 1.807) is 19.4 Å². The summed E-state index contributed by atoms with van der Waals surface area (Å²) in [5, 5.41) is 0. The van der Waals surface area contributed by atoms with Gasteiger partial charge < -0.3 is 14.1 Å². The number of benzene rings is 1. The van der Waals surface area contributed by atoms with Crippen LogP contribution < -0.4 is 4.74 Å². The fourth-order valence-electron chi connectivity index (χ4n) is 3.20. The van der Waals surface area contributed by atoms with Gasteiger partial charge in [-0.25, -0.2) is 0 Å². The van der Waals surface area contributed by atoms with Crippen LogP contribution in [0.1, 0.15) is 34.5 Å². The van der Waals surface area contributed by atoms with Crippen LogP contribution in [0, 0.1) is 6.92 Å². The van der Waals surface area contributed by atoms with E-state index in [1.165, 1.54) is 0 Å². The minimum Gasteiger partial charge on any atom is -0.496 e. The number of likely N-dealkylation sites (tertiary alicyclic amines) is 1. The Morgan fingerprint density at radius 1 is 1.36 bits per heavy atom. The highest BCUT2D eigenvalue weighted by Gasteiger charge is 2.31. The van der Waals surface area contributed by atoms with Crippen molar-refractivity contribution in [3.63, 3.8) is 0 Å². The van der Waals surface area contributed by atoms with Gasteiger partial charge in [-0.2, -0.15) is 0 Å². The average Bonchev–Trinajstić information content (AvgIpc) is 3.16. The van der Waals surface area contributed by atoms with Gasteiger partial charge in [0.2, 0.25) is 0 Å². The summed E-state index contributed by atoms with van der Waals surface area (Å²) < 4.78 is 10.7. The van der Waals surface area contributed by atoms with Gasteiger partial charge in [-0.1, -0.05) is 18.2 Å². The summed E-state index contributed by atoms with van der Waals surface area (Å²) in [6.07, 6.45) is 4.48. The molecule has 3 rings (SSSR count). The predicted octanol–water partition coefficient (Wildman–Crippen LogP) is 3.44. The molecule has 1 saturated heterocycles. The molecule has 1 fully saturated rings. The Morgan fingerprint density at radius 3 is 2.91 bits per heavy atom. The summed E-state index contributed by atoms with van der Waals surface area (Å²) in [6.45, 7) is 2.64. The summed E-state index contributed by atoms with van der Waals surface area (Å²) in [5.74, 6) is 1.65. The standard InChI is InChI=1S/C18H21NO3/c1-13-16(9-11-22-13)18(20)19-10-5-7-15(19)12-14-6-3-4-8-17(14)21-2/h3-4,6,8-9,11,15H,5,7,10,12H2,1-2H3/t15-/m1/s1. The normalized spacial score (nSPS) is 17.7. The minimum absolute atomic E-state index is 0.0728. The molecular weight excluding hydrogens is 278 g/mol. The number of ether oxygens (including phenoxy) is 1. The highest BCUT2D eigenvalue weighted by atomic mass is 16.5. The Hall–Kier alpha value is -2.23. The summed E-state index contributed by atoms with van der Waals surface area (Å²) in [7, 11) is 1.69. The summed E-state index contributed by atoms with van der Waals surface area (Å²) in [5.41, 5.74) is 1.82. The van der Waals surface area contributed by atoms with E-state index in [4.69, 9.17) is 9.15 Å². The third kappa shape index (κ3) is 2.73. The molecule has 1 aliphatic rings. The van der Waals surface area contributed by atoms with Crippen LogP contribution in [-0.4, -0.2) is 30.5 Å². The SMILES string of the molecule is COc1ccccc1C[C@H]1CCCN1C(=O)c1ccoc1C. The zero-order valence-electron chi connectivity index (χ0n) is 13.0. The van der Waals surface area contributed by atoms with Gasteiger partial charge in [-0.05, 0) is 43.9 Å². The summed E-state index contributed by atoms with van der Waals surface area (Å²) in [4.78, 5) is 14.7. The van der Waals surface area contributed by atoms with E-state index in [9.17, 15) is 4.79 Å². The number of aryl methyl sites for hydroxylation is 1. The predicted molar refractivity (Wildman–Crippen MR) is 84.2 cm³/mol. The van der Waals surface area contributed by atoms with Crippen LogP contribution in [0.3, 0.4) is 0 Å². The first-order chi connectivity index (χ1) is 10.7. The number of para-hydroxylation sites is 1. The van der Waals surface area contributed by atoms with Gasteiger partial charge in [0.25, 0.3) is 5.91 Å². The maximum Gasteiger partial charge on any atom is 0.257 e. The van der Waals surface area contributed by atoms with E-state index in [1.807, 2.05) is 30.0 Å². The second-order valence-electron chi connectivity index (χ2n) is 5.70. The van der Waals surface area contributed by atoms with E-state index in [0.717, 1.165) is 37.1 Å². The molecule has 0 radical (unpaired) electrons. The lowest BCUT2D eigenvalue weighted by Crippen LogP contribution is -2.37. The fraction of sp³-hybridized carbons (Fsp3) is 0.389. The third-order valence-electron chi connectivity index (χ3n) is 4.38. The zero-order chi connectivity index (χ0) is 15.5. The first-order valence-electron chi connectivity index (χ1n) is 7.67.